The number of nitriles is 1. The van der Waals surface area contributed by atoms with Gasteiger partial charge in [-0.3, -0.25) is 0 Å². The Bertz CT molecular complexity index is 387. The molecule has 13 heavy (non-hydrogen) atoms. The smallest absolute Gasteiger partial charge is 0.148 e. The summed E-state index contributed by atoms with van der Waals surface area (Å²) in [6.45, 7) is 0.0638. The quantitative estimate of drug-likeness (QED) is 0.641. The largest absolute Gasteiger partial charge is 0.481 e. The van der Waals surface area contributed by atoms with Gasteiger partial charge in [0.15, 0.2) is 0 Å². The lowest BCUT2D eigenvalue weighted by molar-refractivity contribution is 0.368. The second-order valence-corrected chi connectivity index (χ2v) is 2.28. The van der Waals surface area contributed by atoms with E-state index in [9.17, 15) is 4.39 Å². The third-order valence-corrected chi connectivity index (χ3v) is 1.32. The molecule has 0 unspecified atom stereocenters. The molecule has 0 aliphatic heterocycles. The summed E-state index contributed by atoms with van der Waals surface area (Å²) in [7, 11) is 0. The van der Waals surface area contributed by atoms with E-state index in [1.807, 2.05) is 6.07 Å². The predicted octanol–water partition coefficient (Wildman–Crippen LogP) is 1.71. The van der Waals surface area contributed by atoms with E-state index < -0.39 is 5.82 Å². The molecule has 0 spiro atoms. The number of halogens is 1. The average molecular weight is 175 g/mol. The summed E-state index contributed by atoms with van der Waals surface area (Å²) in [5.41, 5.74) is 0.215. The van der Waals surface area contributed by atoms with Crippen molar-refractivity contribution in [3.05, 3.63) is 29.6 Å². The van der Waals surface area contributed by atoms with E-state index in [4.69, 9.17) is 16.4 Å². The van der Waals surface area contributed by atoms with Crippen molar-refractivity contribution in [3.63, 3.8) is 0 Å². The lowest BCUT2D eigenvalue weighted by Crippen LogP contribution is -1.94. The van der Waals surface area contributed by atoms with Gasteiger partial charge in [-0.25, -0.2) is 4.39 Å². The molecule has 0 radical (unpaired) electrons. The maximum absolute atomic E-state index is 12.8. The topological polar surface area (TPSA) is 33.0 Å². The molecule has 0 fully saturated rings. The summed E-state index contributed by atoms with van der Waals surface area (Å²) < 4.78 is 17.7. The molecular weight excluding hydrogens is 169 g/mol. The Morgan fingerprint density at radius 1 is 1.46 bits per heavy atom. The SMILES string of the molecule is C#CCOc1cc(F)cc(C#N)c1. The van der Waals surface area contributed by atoms with Crippen LogP contribution in [0.25, 0.3) is 0 Å². The van der Waals surface area contributed by atoms with Crippen molar-refractivity contribution in [3.8, 4) is 24.2 Å². The highest BCUT2D eigenvalue weighted by molar-refractivity contribution is 5.37. The zero-order valence-electron chi connectivity index (χ0n) is 6.75. The van der Waals surface area contributed by atoms with Gasteiger partial charge in [0.1, 0.15) is 18.2 Å². The van der Waals surface area contributed by atoms with E-state index in [0.717, 1.165) is 6.07 Å². The molecule has 1 aromatic rings. The monoisotopic (exact) mass is 175 g/mol. The number of nitrogens with zero attached hydrogens (tertiary/aromatic N) is 1. The summed E-state index contributed by atoms with van der Waals surface area (Å²) in [6, 6.07) is 5.55. The van der Waals surface area contributed by atoms with E-state index in [1.165, 1.54) is 12.1 Å². The van der Waals surface area contributed by atoms with Crippen LogP contribution in [0, 0.1) is 29.5 Å². The molecule has 1 aromatic carbocycles. The van der Waals surface area contributed by atoms with Crippen LogP contribution in [-0.4, -0.2) is 6.61 Å². The van der Waals surface area contributed by atoms with Crippen LogP contribution in [0.5, 0.6) is 5.75 Å². The Morgan fingerprint density at radius 2 is 2.23 bits per heavy atom. The first kappa shape index (κ1) is 9.09. The standard InChI is InChI=1S/C10H6FNO/c1-2-3-13-10-5-8(7-12)4-9(11)6-10/h1,4-6H,3H2. The van der Waals surface area contributed by atoms with Crippen molar-refractivity contribution in [2.45, 2.75) is 0 Å². The third-order valence-electron chi connectivity index (χ3n) is 1.32. The van der Waals surface area contributed by atoms with Crippen LogP contribution in [0.1, 0.15) is 5.56 Å². The molecule has 64 valence electrons. The van der Waals surface area contributed by atoms with Gasteiger partial charge < -0.3 is 4.74 Å². The summed E-state index contributed by atoms with van der Waals surface area (Å²) in [5, 5.41) is 8.50. The van der Waals surface area contributed by atoms with Crippen LogP contribution in [0.15, 0.2) is 18.2 Å². The van der Waals surface area contributed by atoms with Crippen molar-refractivity contribution in [1.29, 1.82) is 5.26 Å². The number of benzene rings is 1. The Morgan fingerprint density at radius 3 is 2.85 bits per heavy atom. The van der Waals surface area contributed by atoms with Crippen LogP contribution in [0.4, 0.5) is 4.39 Å². The molecule has 0 saturated heterocycles. The Hall–Kier alpha value is -2.00. The first-order valence-corrected chi connectivity index (χ1v) is 3.53. The van der Waals surface area contributed by atoms with Crippen LogP contribution in [0.2, 0.25) is 0 Å². The molecule has 0 atom stereocenters. The highest BCUT2D eigenvalue weighted by Crippen LogP contribution is 2.15. The first-order valence-electron chi connectivity index (χ1n) is 3.53. The zero-order chi connectivity index (χ0) is 9.68. The van der Waals surface area contributed by atoms with Gasteiger partial charge in [0.2, 0.25) is 0 Å². The van der Waals surface area contributed by atoms with Crippen LogP contribution in [-0.2, 0) is 0 Å². The summed E-state index contributed by atoms with van der Waals surface area (Å²) in [5.74, 6) is 2.01. The fraction of sp³-hybridized carbons (Fsp3) is 0.100. The molecule has 0 bridgehead atoms. The van der Waals surface area contributed by atoms with E-state index in [2.05, 4.69) is 5.92 Å². The van der Waals surface area contributed by atoms with E-state index in [1.54, 1.807) is 0 Å². The van der Waals surface area contributed by atoms with Crippen LogP contribution in [0.3, 0.4) is 0 Å². The molecule has 3 heteroatoms. The maximum Gasteiger partial charge on any atom is 0.148 e. The van der Waals surface area contributed by atoms with Gasteiger partial charge in [0, 0.05) is 6.07 Å². The van der Waals surface area contributed by atoms with Crippen molar-refractivity contribution in [1.82, 2.24) is 0 Å². The summed E-state index contributed by atoms with van der Waals surface area (Å²) >= 11 is 0. The molecule has 0 heterocycles. The molecule has 0 aliphatic rings. The highest BCUT2D eigenvalue weighted by atomic mass is 19.1. The maximum atomic E-state index is 12.8. The van der Waals surface area contributed by atoms with Crippen LogP contribution >= 0.6 is 0 Å². The number of hydrogen-bond donors (Lipinski definition) is 0. The number of terminal acetylenes is 1. The molecule has 1 rings (SSSR count). The van der Waals surface area contributed by atoms with Crippen molar-refractivity contribution in [2.24, 2.45) is 0 Å². The van der Waals surface area contributed by atoms with E-state index >= 15 is 0 Å². The number of hydrogen-bond acceptors (Lipinski definition) is 2. The highest BCUT2D eigenvalue weighted by Gasteiger charge is 2.00. The second-order valence-electron chi connectivity index (χ2n) is 2.28. The lowest BCUT2D eigenvalue weighted by atomic mass is 10.2. The molecule has 0 aromatic heterocycles. The Labute approximate surface area is 75.6 Å². The van der Waals surface area contributed by atoms with E-state index in [0.29, 0.717) is 0 Å². The minimum atomic E-state index is -0.508. The van der Waals surface area contributed by atoms with Gasteiger partial charge >= 0.3 is 0 Å². The van der Waals surface area contributed by atoms with Gasteiger partial charge in [0.05, 0.1) is 11.6 Å². The summed E-state index contributed by atoms with van der Waals surface area (Å²) in [6.07, 6.45) is 4.95. The second kappa shape index (κ2) is 4.13. The van der Waals surface area contributed by atoms with Gasteiger partial charge in [-0.05, 0) is 12.1 Å². The molecule has 0 saturated carbocycles. The molecule has 0 aliphatic carbocycles. The molecule has 2 nitrogen and oxygen atoms in total. The average Bonchev–Trinajstić information content (AvgIpc) is 2.14. The third kappa shape index (κ3) is 2.50. The van der Waals surface area contributed by atoms with Gasteiger partial charge in [-0.2, -0.15) is 5.26 Å². The first-order chi connectivity index (χ1) is 6.26. The minimum absolute atomic E-state index is 0.0638. The normalized spacial score (nSPS) is 8.54. The fourth-order valence-corrected chi connectivity index (χ4v) is 0.836. The number of rotatable bonds is 2. The summed E-state index contributed by atoms with van der Waals surface area (Å²) in [4.78, 5) is 0. The molecular formula is C10H6FNO. The molecule has 0 amide bonds. The van der Waals surface area contributed by atoms with Crippen molar-refractivity contribution in [2.75, 3.05) is 6.61 Å². The van der Waals surface area contributed by atoms with Crippen LogP contribution < -0.4 is 4.74 Å². The zero-order valence-corrected chi connectivity index (χ0v) is 6.75. The van der Waals surface area contributed by atoms with E-state index in [-0.39, 0.29) is 17.9 Å². The van der Waals surface area contributed by atoms with Crippen molar-refractivity contribution >= 4 is 0 Å². The Balaban J connectivity index is 2.91. The minimum Gasteiger partial charge on any atom is -0.481 e. The van der Waals surface area contributed by atoms with Gasteiger partial charge in [-0.1, -0.05) is 5.92 Å². The van der Waals surface area contributed by atoms with Gasteiger partial charge in [-0.15, -0.1) is 6.42 Å². The predicted molar refractivity (Wildman–Crippen MR) is 45.4 cm³/mol. The number of ether oxygens (including phenoxy) is 1. The Kier molecular flexibility index (Phi) is 2.89. The molecule has 0 N–H and O–H groups in total. The van der Waals surface area contributed by atoms with Crippen molar-refractivity contribution < 1.29 is 9.13 Å². The fourth-order valence-electron chi connectivity index (χ4n) is 0.836. The van der Waals surface area contributed by atoms with Gasteiger partial charge in [0.25, 0.3) is 0 Å². The lowest BCUT2D eigenvalue weighted by Gasteiger charge is -2.01.